The van der Waals surface area contributed by atoms with E-state index in [4.69, 9.17) is 4.98 Å². The Morgan fingerprint density at radius 3 is 2.63 bits per heavy atom. The number of aromatic nitrogens is 3. The zero-order valence-corrected chi connectivity index (χ0v) is 25.2. The van der Waals surface area contributed by atoms with Gasteiger partial charge in [-0.05, 0) is 77.2 Å². The van der Waals surface area contributed by atoms with Gasteiger partial charge in [-0.25, -0.2) is 9.78 Å². The van der Waals surface area contributed by atoms with Crippen LogP contribution in [0.1, 0.15) is 78.4 Å². The molecule has 3 heterocycles. The number of amides is 2. The maximum absolute atomic E-state index is 12.7. The lowest BCUT2D eigenvalue weighted by molar-refractivity contribution is -0.111. The van der Waals surface area contributed by atoms with E-state index in [2.05, 4.69) is 75.7 Å². The van der Waals surface area contributed by atoms with Crippen molar-refractivity contribution in [2.24, 2.45) is 0 Å². The average Bonchev–Trinajstić information content (AvgIpc) is 3.31. The third-order valence-electron chi connectivity index (χ3n) is 7.73. The second kappa shape index (κ2) is 11.5. The summed E-state index contributed by atoms with van der Waals surface area (Å²) in [4.78, 5) is 33.2. The molecule has 0 saturated carbocycles. The predicted molar refractivity (Wildman–Crippen MR) is 164 cm³/mol. The van der Waals surface area contributed by atoms with Gasteiger partial charge >= 0.3 is 6.09 Å². The zero-order valence-electron chi connectivity index (χ0n) is 25.2. The number of carboxylic acid groups (broad SMARTS) is 1. The number of hydrogen-bond donors (Lipinski definition) is 3. The normalized spacial score (nSPS) is 17.4. The van der Waals surface area contributed by atoms with Gasteiger partial charge in [0.25, 0.3) is 0 Å². The van der Waals surface area contributed by atoms with Crippen molar-refractivity contribution in [2.45, 2.75) is 90.9 Å². The van der Waals surface area contributed by atoms with E-state index in [0.29, 0.717) is 28.5 Å². The van der Waals surface area contributed by atoms with Gasteiger partial charge in [-0.15, -0.1) is 0 Å². The van der Waals surface area contributed by atoms with Crippen molar-refractivity contribution >= 4 is 35.0 Å². The van der Waals surface area contributed by atoms with Gasteiger partial charge in [-0.2, -0.15) is 9.61 Å². The van der Waals surface area contributed by atoms with Crippen LogP contribution in [0.4, 0.5) is 22.1 Å². The summed E-state index contributed by atoms with van der Waals surface area (Å²) in [6.45, 7) is 19.8. The molecule has 0 spiro atoms. The highest BCUT2D eigenvalue weighted by Crippen LogP contribution is 2.35. The first-order chi connectivity index (χ1) is 19.2. The summed E-state index contributed by atoms with van der Waals surface area (Å²) in [5, 5.41) is 21.3. The van der Waals surface area contributed by atoms with Gasteiger partial charge in [0.05, 0.1) is 12.7 Å². The third-order valence-corrected chi connectivity index (χ3v) is 7.73. The Morgan fingerprint density at radius 2 is 2.00 bits per heavy atom. The molecule has 0 bridgehead atoms. The number of likely N-dealkylation sites (tertiary alicyclic amines) is 1. The monoisotopic (exact) mass is 561 g/mol. The Balaban J connectivity index is 1.72. The molecule has 1 fully saturated rings. The van der Waals surface area contributed by atoms with Crippen LogP contribution in [-0.2, 0) is 11.3 Å². The Bertz CT molecular complexity index is 1440. The van der Waals surface area contributed by atoms with Gasteiger partial charge in [0.1, 0.15) is 11.6 Å². The molecule has 2 amide bonds. The molecule has 1 aromatic carbocycles. The van der Waals surface area contributed by atoms with E-state index >= 15 is 0 Å². The highest BCUT2D eigenvalue weighted by molar-refractivity contribution is 5.98. The van der Waals surface area contributed by atoms with Gasteiger partial charge in [0, 0.05) is 41.0 Å². The van der Waals surface area contributed by atoms with Crippen LogP contribution in [0.3, 0.4) is 0 Å². The van der Waals surface area contributed by atoms with E-state index in [-0.39, 0.29) is 35.5 Å². The van der Waals surface area contributed by atoms with Gasteiger partial charge in [-0.3, -0.25) is 14.6 Å². The van der Waals surface area contributed by atoms with Gasteiger partial charge in [0.2, 0.25) is 5.91 Å². The molecule has 0 radical (unpaired) electrons. The highest BCUT2D eigenvalue weighted by Gasteiger charge is 2.40. The van der Waals surface area contributed by atoms with E-state index in [1.807, 2.05) is 6.07 Å². The second-order valence-electron chi connectivity index (χ2n) is 12.7. The summed E-state index contributed by atoms with van der Waals surface area (Å²) in [7, 11) is 0. The van der Waals surface area contributed by atoms with Crippen LogP contribution in [0.5, 0.6) is 0 Å². The summed E-state index contributed by atoms with van der Waals surface area (Å²) < 4.78 is 1.60. The van der Waals surface area contributed by atoms with Crippen molar-refractivity contribution in [3.63, 3.8) is 0 Å². The Kier molecular flexibility index (Phi) is 8.44. The largest absolute Gasteiger partial charge is 0.465 e. The second-order valence-corrected chi connectivity index (χ2v) is 12.7. The van der Waals surface area contributed by atoms with E-state index in [0.717, 1.165) is 24.9 Å². The van der Waals surface area contributed by atoms with Crippen LogP contribution in [0, 0.1) is 0 Å². The quantitative estimate of drug-likeness (QED) is 0.284. The molecule has 1 unspecified atom stereocenters. The van der Waals surface area contributed by atoms with Crippen molar-refractivity contribution in [2.75, 3.05) is 22.1 Å². The summed E-state index contributed by atoms with van der Waals surface area (Å²) in [6, 6.07) is 9.02. The van der Waals surface area contributed by atoms with Crippen LogP contribution < -0.4 is 15.5 Å². The van der Waals surface area contributed by atoms with Crippen LogP contribution in [0.15, 0.2) is 49.2 Å². The minimum atomic E-state index is -1.12. The molecule has 220 valence electrons. The number of carbonyl (C=O) groups is 2. The molecule has 3 aromatic rings. The summed E-state index contributed by atoms with van der Waals surface area (Å²) in [5.41, 5.74) is 2.92. The summed E-state index contributed by atoms with van der Waals surface area (Å²) >= 11 is 0. The van der Waals surface area contributed by atoms with E-state index in [1.165, 1.54) is 11.0 Å². The lowest BCUT2D eigenvalue weighted by Crippen LogP contribution is -2.60. The SMILES string of the molecule is C=CC(=O)Nc1cccc(CN(C(=O)O)c2cc(NC3CCC(C)(C)N(C(C)(C)C)C3)nc3c(C(C)C)cnn23)c1. The number of anilines is 3. The predicted octanol–water partition coefficient (Wildman–Crippen LogP) is 6.12. The maximum Gasteiger partial charge on any atom is 0.413 e. The topological polar surface area (TPSA) is 115 Å². The molecule has 0 aliphatic carbocycles. The molecule has 3 N–H and O–H groups in total. The summed E-state index contributed by atoms with van der Waals surface area (Å²) in [5.74, 6) is 0.823. The van der Waals surface area contributed by atoms with Crippen LogP contribution in [0.25, 0.3) is 5.65 Å². The molecule has 1 saturated heterocycles. The van der Waals surface area contributed by atoms with Crippen molar-refractivity contribution in [1.29, 1.82) is 0 Å². The molecule has 2 aromatic heterocycles. The first-order valence-corrected chi connectivity index (χ1v) is 14.2. The number of rotatable bonds is 8. The lowest BCUT2D eigenvalue weighted by Gasteiger charge is -2.52. The van der Waals surface area contributed by atoms with Crippen LogP contribution >= 0.6 is 0 Å². The fraction of sp³-hybridized carbons (Fsp3) is 0.484. The maximum atomic E-state index is 12.7. The fourth-order valence-corrected chi connectivity index (χ4v) is 5.74. The van der Waals surface area contributed by atoms with Gasteiger partial charge in [-0.1, -0.05) is 32.6 Å². The van der Waals surface area contributed by atoms with Crippen molar-refractivity contribution in [3.05, 3.63) is 60.3 Å². The van der Waals surface area contributed by atoms with Gasteiger partial charge < -0.3 is 15.7 Å². The number of carbonyl (C=O) groups excluding carboxylic acids is 1. The number of nitrogens with zero attached hydrogens (tertiary/aromatic N) is 5. The molecule has 1 aliphatic heterocycles. The zero-order chi connectivity index (χ0) is 30.1. The van der Waals surface area contributed by atoms with Crippen molar-refractivity contribution in [1.82, 2.24) is 19.5 Å². The Labute approximate surface area is 242 Å². The lowest BCUT2D eigenvalue weighted by atomic mass is 9.84. The molecular weight excluding hydrogens is 518 g/mol. The number of piperidine rings is 1. The van der Waals surface area contributed by atoms with Crippen molar-refractivity contribution in [3.8, 4) is 0 Å². The minimum absolute atomic E-state index is 0.00242. The smallest absolute Gasteiger partial charge is 0.413 e. The van der Waals surface area contributed by atoms with Crippen LogP contribution in [0.2, 0.25) is 0 Å². The standard InChI is InChI=1S/C31H43N7O3/c1-9-26(39)34-22-12-10-11-21(15-22)18-36(29(40)41)27-16-25(35-28-24(20(2)3)17-32-38(27)28)33-23-13-14-31(7,8)37(19-23)30(4,5)6/h9-12,15-17,20,23H,1,13-14,18-19H2,2-8H3,(H,33,35)(H,34,39)(H,40,41). The first kappa shape index (κ1) is 30.0. The highest BCUT2D eigenvalue weighted by atomic mass is 16.4. The number of benzene rings is 1. The minimum Gasteiger partial charge on any atom is -0.465 e. The molecule has 1 atom stereocenters. The van der Waals surface area contributed by atoms with Crippen LogP contribution in [-0.4, -0.2) is 60.3 Å². The molecule has 10 nitrogen and oxygen atoms in total. The molecule has 4 rings (SSSR count). The van der Waals surface area contributed by atoms with E-state index in [9.17, 15) is 14.7 Å². The van der Waals surface area contributed by atoms with Crippen molar-refractivity contribution < 1.29 is 14.7 Å². The molecule has 1 aliphatic rings. The van der Waals surface area contributed by atoms with Gasteiger partial charge in [0.15, 0.2) is 5.65 Å². The van der Waals surface area contributed by atoms with E-state index in [1.54, 1.807) is 35.0 Å². The third kappa shape index (κ3) is 6.70. The Morgan fingerprint density at radius 1 is 1.27 bits per heavy atom. The first-order valence-electron chi connectivity index (χ1n) is 14.2. The average molecular weight is 562 g/mol. The summed E-state index contributed by atoms with van der Waals surface area (Å²) in [6.07, 6.45) is 3.83. The number of hydrogen-bond acceptors (Lipinski definition) is 6. The fourth-order valence-electron chi connectivity index (χ4n) is 5.74. The molecular formula is C31H43N7O3. The number of fused-ring (bicyclic) bond motifs is 1. The van der Waals surface area contributed by atoms with E-state index < -0.39 is 6.09 Å². The molecule has 10 heteroatoms. The Hall–Kier alpha value is -3.92. The number of nitrogens with one attached hydrogen (secondary N) is 2. The molecule has 41 heavy (non-hydrogen) atoms.